The van der Waals surface area contributed by atoms with Gasteiger partial charge in [0.1, 0.15) is 18.1 Å². The number of carbonyl (C=O) groups excluding carboxylic acids is 2. The monoisotopic (exact) mass is 293 g/mol. The summed E-state index contributed by atoms with van der Waals surface area (Å²) in [6.45, 7) is 3.44. The maximum Gasteiger partial charge on any atom is 0.373 e. The molecular formula is C14H15NO6. The first-order chi connectivity index (χ1) is 10.0. The Balaban J connectivity index is 1.90. The third-order valence-corrected chi connectivity index (χ3v) is 2.93. The summed E-state index contributed by atoms with van der Waals surface area (Å²) in [5, 5.41) is 3.77. The van der Waals surface area contributed by atoms with Crippen LogP contribution in [0.1, 0.15) is 33.3 Å². The molecular weight excluding hydrogens is 278 g/mol. The van der Waals surface area contributed by atoms with Crippen molar-refractivity contribution in [2.75, 3.05) is 7.11 Å². The average Bonchev–Trinajstić information content (AvgIpc) is 3.06. The minimum Gasteiger partial charge on any atom is -0.463 e. The van der Waals surface area contributed by atoms with Crippen molar-refractivity contribution in [2.24, 2.45) is 0 Å². The summed E-state index contributed by atoms with van der Waals surface area (Å²) in [7, 11) is 1.26. The zero-order valence-electron chi connectivity index (χ0n) is 12.0. The summed E-state index contributed by atoms with van der Waals surface area (Å²) < 4.78 is 19.8. The molecule has 0 saturated carbocycles. The fraction of sp³-hybridized carbons (Fsp3) is 0.357. The lowest BCUT2D eigenvalue weighted by Gasteiger charge is -2.02. The molecule has 0 N–H and O–H groups in total. The number of ether oxygens (including phenoxy) is 2. The van der Waals surface area contributed by atoms with E-state index < -0.39 is 11.9 Å². The first kappa shape index (κ1) is 14.8. The van der Waals surface area contributed by atoms with Crippen molar-refractivity contribution in [3.8, 4) is 0 Å². The molecule has 2 aromatic rings. The first-order valence-electron chi connectivity index (χ1n) is 6.25. The van der Waals surface area contributed by atoms with Crippen LogP contribution in [0, 0.1) is 13.8 Å². The van der Waals surface area contributed by atoms with Crippen molar-refractivity contribution in [3.05, 3.63) is 40.7 Å². The molecule has 0 atom stereocenters. The number of aryl methyl sites for hydroxylation is 2. The van der Waals surface area contributed by atoms with E-state index in [1.54, 1.807) is 19.9 Å². The first-order valence-corrected chi connectivity index (χ1v) is 6.25. The molecule has 7 nitrogen and oxygen atoms in total. The molecule has 0 aliphatic rings. The molecule has 21 heavy (non-hydrogen) atoms. The number of methoxy groups -OCH3 is 1. The summed E-state index contributed by atoms with van der Waals surface area (Å²) in [6, 6.07) is 3.01. The van der Waals surface area contributed by atoms with Gasteiger partial charge in [-0.2, -0.15) is 0 Å². The number of aromatic nitrogens is 1. The van der Waals surface area contributed by atoms with Crippen LogP contribution < -0.4 is 0 Å². The van der Waals surface area contributed by atoms with Crippen molar-refractivity contribution in [2.45, 2.75) is 26.9 Å². The van der Waals surface area contributed by atoms with Gasteiger partial charge in [-0.1, -0.05) is 5.16 Å². The SMILES string of the molecule is COC(=O)c1ccc(COC(=O)Cc2c(C)noc2C)o1. The van der Waals surface area contributed by atoms with Gasteiger partial charge in [0.05, 0.1) is 19.2 Å². The van der Waals surface area contributed by atoms with Gasteiger partial charge in [0, 0.05) is 5.56 Å². The third-order valence-electron chi connectivity index (χ3n) is 2.93. The summed E-state index contributed by atoms with van der Waals surface area (Å²) in [4.78, 5) is 23.0. The van der Waals surface area contributed by atoms with Gasteiger partial charge in [-0.3, -0.25) is 4.79 Å². The lowest BCUT2D eigenvalue weighted by molar-refractivity contribution is -0.144. The standard InChI is InChI=1S/C14H15NO6/c1-8-11(9(2)21-15-8)6-13(16)19-7-10-4-5-12(20-10)14(17)18-3/h4-5H,6-7H2,1-3H3. The van der Waals surface area contributed by atoms with E-state index in [0.717, 1.165) is 5.56 Å². The van der Waals surface area contributed by atoms with E-state index in [9.17, 15) is 9.59 Å². The second kappa shape index (κ2) is 6.25. The minimum atomic E-state index is -0.580. The van der Waals surface area contributed by atoms with Crippen molar-refractivity contribution in [1.29, 1.82) is 0 Å². The van der Waals surface area contributed by atoms with E-state index in [1.165, 1.54) is 13.2 Å². The zero-order chi connectivity index (χ0) is 15.4. The van der Waals surface area contributed by atoms with Crippen LogP contribution >= 0.6 is 0 Å². The molecule has 0 spiro atoms. The fourth-order valence-electron chi connectivity index (χ4n) is 1.77. The Bertz CT molecular complexity index is 635. The van der Waals surface area contributed by atoms with Crippen molar-refractivity contribution < 1.29 is 28.0 Å². The number of hydrogen-bond donors (Lipinski definition) is 0. The highest BCUT2D eigenvalue weighted by atomic mass is 16.6. The second-order valence-corrected chi connectivity index (χ2v) is 4.40. The van der Waals surface area contributed by atoms with Gasteiger partial charge < -0.3 is 18.4 Å². The Morgan fingerprint density at radius 2 is 2.05 bits per heavy atom. The maximum absolute atomic E-state index is 11.8. The lowest BCUT2D eigenvalue weighted by atomic mass is 10.1. The van der Waals surface area contributed by atoms with Crippen LogP contribution in [-0.4, -0.2) is 24.2 Å². The van der Waals surface area contributed by atoms with Crippen molar-refractivity contribution in [3.63, 3.8) is 0 Å². The van der Waals surface area contributed by atoms with Crippen molar-refractivity contribution in [1.82, 2.24) is 5.16 Å². The molecule has 0 bridgehead atoms. The number of furan rings is 1. The zero-order valence-corrected chi connectivity index (χ0v) is 12.0. The fourth-order valence-corrected chi connectivity index (χ4v) is 1.77. The van der Waals surface area contributed by atoms with Gasteiger partial charge in [-0.15, -0.1) is 0 Å². The van der Waals surface area contributed by atoms with Crippen LogP contribution in [0.25, 0.3) is 0 Å². The minimum absolute atomic E-state index is 0.0563. The van der Waals surface area contributed by atoms with Crippen LogP contribution in [-0.2, 0) is 27.3 Å². The smallest absolute Gasteiger partial charge is 0.373 e. The molecule has 0 saturated heterocycles. The van der Waals surface area contributed by atoms with E-state index in [1.807, 2.05) is 0 Å². The molecule has 0 aliphatic carbocycles. The number of carbonyl (C=O) groups is 2. The summed E-state index contributed by atoms with van der Waals surface area (Å²) in [5.74, 6) is 0.0101. The highest BCUT2D eigenvalue weighted by molar-refractivity contribution is 5.86. The molecule has 0 fully saturated rings. The van der Waals surface area contributed by atoms with Crippen LogP contribution in [0.5, 0.6) is 0 Å². The predicted octanol–water partition coefficient (Wildman–Crippen LogP) is 1.96. The van der Waals surface area contributed by atoms with E-state index in [4.69, 9.17) is 13.7 Å². The number of hydrogen-bond acceptors (Lipinski definition) is 7. The second-order valence-electron chi connectivity index (χ2n) is 4.40. The molecule has 2 heterocycles. The van der Waals surface area contributed by atoms with Crippen molar-refractivity contribution >= 4 is 11.9 Å². The molecule has 0 aliphatic heterocycles. The highest BCUT2D eigenvalue weighted by Gasteiger charge is 2.16. The lowest BCUT2D eigenvalue weighted by Crippen LogP contribution is -2.08. The molecule has 0 radical (unpaired) electrons. The van der Waals surface area contributed by atoms with Crippen LogP contribution in [0.3, 0.4) is 0 Å². The summed E-state index contributed by atoms with van der Waals surface area (Å²) >= 11 is 0. The molecule has 2 rings (SSSR count). The van der Waals surface area contributed by atoms with Gasteiger partial charge >= 0.3 is 11.9 Å². The van der Waals surface area contributed by atoms with Gasteiger partial charge in [0.25, 0.3) is 0 Å². The summed E-state index contributed by atoms with van der Waals surface area (Å²) in [5.41, 5.74) is 1.38. The Kier molecular flexibility index (Phi) is 4.42. The predicted molar refractivity (Wildman–Crippen MR) is 69.5 cm³/mol. The number of esters is 2. The molecule has 0 amide bonds. The topological polar surface area (TPSA) is 91.8 Å². The number of rotatable bonds is 5. The normalized spacial score (nSPS) is 10.4. The molecule has 0 unspecified atom stereocenters. The van der Waals surface area contributed by atoms with Crippen LogP contribution in [0.15, 0.2) is 21.1 Å². The van der Waals surface area contributed by atoms with Gasteiger partial charge in [-0.25, -0.2) is 4.79 Å². The van der Waals surface area contributed by atoms with E-state index in [2.05, 4.69) is 9.89 Å². The van der Waals surface area contributed by atoms with E-state index in [0.29, 0.717) is 17.2 Å². The Labute approximate surface area is 120 Å². The van der Waals surface area contributed by atoms with Gasteiger partial charge in [0.2, 0.25) is 5.76 Å². The molecule has 0 aromatic carbocycles. The van der Waals surface area contributed by atoms with E-state index in [-0.39, 0.29) is 18.8 Å². The highest BCUT2D eigenvalue weighted by Crippen LogP contribution is 2.14. The summed E-state index contributed by atoms with van der Waals surface area (Å²) in [6.07, 6.45) is 0.0751. The molecule has 7 heteroatoms. The molecule has 2 aromatic heterocycles. The quantitative estimate of drug-likeness (QED) is 0.778. The number of nitrogens with zero attached hydrogens (tertiary/aromatic N) is 1. The maximum atomic E-state index is 11.8. The van der Waals surface area contributed by atoms with Crippen LogP contribution in [0.4, 0.5) is 0 Å². The Morgan fingerprint density at radius 1 is 1.29 bits per heavy atom. The van der Waals surface area contributed by atoms with E-state index >= 15 is 0 Å². The third kappa shape index (κ3) is 3.50. The van der Waals surface area contributed by atoms with Crippen LogP contribution in [0.2, 0.25) is 0 Å². The Morgan fingerprint density at radius 3 is 2.67 bits per heavy atom. The average molecular weight is 293 g/mol. The van der Waals surface area contributed by atoms with Gasteiger partial charge in [-0.05, 0) is 26.0 Å². The molecule has 112 valence electrons. The Hall–Kier alpha value is -2.57. The largest absolute Gasteiger partial charge is 0.463 e. The van der Waals surface area contributed by atoms with Gasteiger partial charge in [0.15, 0.2) is 0 Å².